The molecule has 0 radical (unpaired) electrons. The van der Waals surface area contributed by atoms with Crippen molar-refractivity contribution >= 4 is 11.4 Å². The van der Waals surface area contributed by atoms with Crippen LogP contribution in [0.1, 0.15) is 68.5 Å². The first-order valence-electron chi connectivity index (χ1n) is 9.76. The van der Waals surface area contributed by atoms with Crippen molar-refractivity contribution in [3.8, 4) is 0 Å². The van der Waals surface area contributed by atoms with Crippen molar-refractivity contribution in [2.24, 2.45) is 5.92 Å². The molecule has 1 aromatic heterocycles. The quantitative estimate of drug-likeness (QED) is 0.616. The van der Waals surface area contributed by atoms with Gasteiger partial charge in [-0.15, -0.1) is 0 Å². The molecular weight excluding hydrogens is 349 g/mol. The third kappa shape index (κ3) is 4.45. The number of pyridine rings is 1. The number of rotatable bonds is 5. The Morgan fingerprint density at radius 2 is 2.00 bits per heavy atom. The number of alkyl halides is 3. The van der Waals surface area contributed by atoms with Crippen LogP contribution in [0.25, 0.3) is 0 Å². The molecule has 3 rings (SSSR count). The third-order valence-corrected chi connectivity index (χ3v) is 5.28. The predicted octanol–water partition coefficient (Wildman–Crippen LogP) is 6.87. The van der Waals surface area contributed by atoms with Gasteiger partial charge in [0.1, 0.15) is 0 Å². The lowest BCUT2D eigenvalue weighted by Gasteiger charge is -2.30. The van der Waals surface area contributed by atoms with Crippen molar-refractivity contribution in [2.75, 3.05) is 5.32 Å². The van der Waals surface area contributed by atoms with Crippen molar-refractivity contribution in [2.45, 2.75) is 65.0 Å². The molecule has 0 aliphatic heterocycles. The minimum absolute atomic E-state index is 0.410. The van der Waals surface area contributed by atoms with Gasteiger partial charge in [0.05, 0.1) is 5.56 Å². The van der Waals surface area contributed by atoms with E-state index >= 15 is 0 Å². The standard InChI is InChI=1S/C22H27F3N2/c1-4-7-16-13-20(19-11-6-10-18(14(2)3)21(19)27-16)26-17-9-5-8-15(12-17)22(23,24)25/h5,8-9,12-14,18H,4,6-7,10-11H2,1-3H3,(H,26,27). The Morgan fingerprint density at radius 3 is 2.67 bits per heavy atom. The Bertz CT molecular complexity index is 797. The minimum Gasteiger partial charge on any atom is -0.355 e. The van der Waals surface area contributed by atoms with Gasteiger partial charge in [-0.3, -0.25) is 4.98 Å². The summed E-state index contributed by atoms with van der Waals surface area (Å²) in [6.07, 6.45) is 0.638. The third-order valence-electron chi connectivity index (χ3n) is 5.28. The molecule has 1 aromatic carbocycles. The van der Waals surface area contributed by atoms with Crippen molar-refractivity contribution in [1.82, 2.24) is 4.98 Å². The Kier molecular flexibility index (Phi) is 5.78. The summed E-state index contributed by atoms with van der Waals surface area (Å²) in [7, 11) is 0. The highest BCUT2D eigenvalue weighted by Gasteiger charge is 2.31. The van der Waals surface area contributed by atoms with E-state index in [-0.39, 0.29) is 0 Å². The van der Waals surface area contributed by atoms with E-state index in [4.69, 9.17) is 4.98 Å². The first kappa shape index (κ1) is 19.7. The van der Waals surface area contributed by atoms with Crippen LogP contribution in [-0.4, -0.2) is 4.98 Å². The van der Waals surface area contributed by atoms with Crippen molar-refractivity contribution < 1.29 is 13.2 Å². The van der Waals surface area contributed by atoms with Crippen molar-refractivity contribution in [1.29, 1.82) is 0 Å². The molecule has 0 spiro atoms. The zero-order chi connectivity index (χ0) is 19.6. The summed E-state index contributed by atoms with van der Waals surface area (Å²) in [4.78, 5) is 4.94. The molecule has 1 unspecified atom stereocenters. The van der Waals surface area contributed by atoms with Crippen molar-refractivity contribution in [3.63, 3.8) is 0 Å². The SMILES string of the molecule is CCCc1cc(Nc2cccc(C(F)(F)F)c2)c2c(n1)C(C(C)C)CCC2. The van der Waals surface area contributed by atoms with E-state index in [1.54, 1.807) is 6.07 Å². The van der Waals surface area contributed by atoms with Crippen LogP contribution in [0.4, 0.5) is 24.5 Å². The average molecular weight is 376 g/mol. The van der Waals surface area contributed by atoms with E-state index < -0.39 is 11.7 Å². The number of hydrogen-bond acceptors (Lipinski definition) is 2. The number of halogens is 3. The molecule has 1 N–H and O–H groups in total. The predicted molar refractivity (Wildman–Crippen MR) is 103 cm³/mol. The summed E-state index contributed by atoms with van der Waals surface area (Å²) in [5.41, 5.74) is 4.05. The monoisotopic (exact) mass is 376 g/mol. The minimum atomic E-state index is -4.34. The maximum atomic E-state index is 13.0. The van der Waals surface area contributed by atoms with Crippen LogP contribution >= 0.6 is 0 Å². The Hall–Kier alpha value is -2.04. The Labute approximate surface area is 159 Å². The lowest BCUT2D eigenvalue weighted by atomic mass is 9.79. The molecule has 0 fully saturated rings. The summed E-state index contributed by atoms with van der Waals surface area (Å²) in [6, 6.07) is 7.43. The van der Waals surface area contributed by atoms with E-state index in [1.165, 1.54) is 12.1 Å². The largest absolute Gasteiger partial charge is 0.416 e. The molecule has 1 atom stereocenters. The molecule has 1 aliphatic rings. The number of nitrogens with zero attached hydrogens (tertiary/aromatic N) is 1. The Balaban J connectivity index is 2.02. The molecule has 5 heteroatoms. The molecule has 1 heterocycles. The normalized spacial score (nSPS) is 17.1. The summed E-state index contributed by atoms with van der Waals surface area (Å²) >= 11 is 0. The lowest BCUT2D eigenvalue weighted by Crippen LogP contribution is -2.19. The van der Waals surface area contributed by atoms with E-state index in [0.29, 0.717) is 17.5 Å². The van der Waals surface area contributed by atoms with Crippen LogP contribution in [0.3, 0.4) is 0 Å². The van der Waals surface area contributed by atoms with Gasteiger partial charge in [-0.1, -0.05) is 33.3 Å². The number of benzene rings is 1. The van der Waals surface area contributed by atoms with E-state index in [2.05, 4.69) is 26.1 Å². The molecule has 0 amide bonds. The van der Waals surface area contributed by atoms with Crippen LogP contribution in [0.5, 0.6) is 0 Å². The zero-order valence-corrected chi connectivity index (χ0v) is 16.2. The number of aromatic nitrogens is 1. The molecule has 2 nitrogen and oxygen atoms in total. The highest BCUT2D eigenvalue weighted by atomic mass is 19.4. The van der Waals surface area contributed by atoms with Gasteiger partial charge in [-0.2, -0.15) is 13.2 Å². The first-order chi connectivity index (χ1) is 12.8. The fourth-order valence-electron chi connectivity index (χ4n) is 3.92. The van der Waals surface area contributed by atoms with Gasteiger partial charge in [0.2, 0.25) is 0 Å². The summed E-state index contributed by atoms with van der Waals surface area (Å²) in [5.74, 6) is 0.905. The number of hydrogen-bond donors (Lipinski definition) is 1. The van der Waals surface area contributed by atoms with Crippen LogP contribution in [0, 0.1) is 5.92 Å². The molecule has 1 aliphatic carbocycles. The number of nitrogens with one attached hydrogen (secondary N) is 1. The maximum absolute atomic E-state index is 13.0. The molecule has 0 saturated heterocycles. The second-order valence-electron chi connectivity index (χ2n) is 7.72. The maximum Gasteiger partial charge on any atom is 0.416 e. The van der Waals surface area contributed by atoms with Crippen molar-refractivity contribution in [3.05, 3.63) is 52.8 Å². The number of anilines is 2. The van der Waals surface area contributed by atoms with Crippen LogP contribution in [-0.2, 0) is 19.0 Å². The van der Waals surface area contributed by atoms with Crippen LogP contribution in [0.15, 0.2) is 30.3 Å². The van der Waals surface area contributed by atoms with Gasteiger partial charge in [-0.25, -0.2) is 0 Å². The fourth-order valence-corrected chi connectivity index (χ4v) is 3.92. The van der Waals surface area contributed by atoms with E-state index in [0.717, 1.165) is 60.8 Å². The number of fused-ring (bicyclic) bond motifs is 1. The van der Waals surface area contributed by atoms with Gasteiger partial charge in [0, 0.05) is 28.7 Å². The van der Waals surface area contributed by atoms with E-state index in [9.17, 15) is 13.2 Å². The highest BCUT2D eigenvalue weighted by molar-refractivity contribution is 5.66. The van der Waals surface area contributed by atoms with Gasteiger partial charge < -0.3 is 5.32 Å². The number of aryl methyl sites for hydroxylation is 1. The second-order valence-corrected chi connectivity index (χ2v) is 7.72. The smallest absolute Gasteiger partial charge is 0.355 e. The highest BCUT2D eigenvalue weighted by Crippen LogP contribution is 2.40. The first-order valence-corrected chi connectivity index (χ1v) is 9.76. The molecule has 0 bridgehead atoms. The molecule has 2 aromatic rings. The van der Waals surface area contributed by atoms with Gasteiger partial charge >= 0.3 is 6.18 Å². The molecule has 0 saturated carbocycles. The summed E-state index contributed by atoms with van der Waals surface area (Å²) in [6.45, 7) is 6.54. The van der Waals surface area contributed by atoms with Crippen LogP contribution in [0.2, 0.25) is 0 Å². The molecule has 27 heavy (non-hydrogen) atoms. The second kappa shape index (κ2) is 7.91. The lowest BCUT2D eigenvalue weighted by molar-refractivity contribution is -0.137. The summed E-state index contributed by atoms with van der Waals surface area (Å²) in [5, 5.41) is 3.26. The molecule has 146 valence electrons. The van der Waals surface area contributed by atoms with E-state index in [1.807, 2.05) is 6.07 Å². The zero-order valence-electron chi connectivity index (χ0n) is 16.2. The molecular formula is C22H27F3N2. The Morgan fingerprint density at radius 1 is 1.22 bits per heavy atom. The fraction of sp³-hybridized carbons (Fsp3) is 0.500. The van der Waals surface area contributed by atoms with Gasteiger partial charge in [0.25, 0.3) is 0 Å². The average Bonchev–Trinajstić information content (AvgIpc) is 2.61. The topological polar surface area (TPSA) is 24.9 Å². The summed E-state index contributed by atoms with van der Waals surface area (Å²) < 4.78 is 39.1. The van der Waals surface area contributed by atoms with Gasteiger partial charge in [0.15, 0.2) is 0 Å². The van der Waals surface area contributed by atoms with Gasteiger partial charge in [-0.05, 0) is 61.4 Å². The van der Waals surface area contributed by atoms with Crippen LogP contribution < -0.4 is 5.32 Å².